The van der Waals surface area contributed by atoms with Gasteiger partial charge in [-0.15, -0.1) is 0 Å². The Hall–Kier alpha value is -1.19. The first-order valence-electron chi connectivity index (χ1n) is 6.78. The Labute approximate surface area is 128 Å². The van der Waals surface area contributed by atoms with Crippen molar-refractivity contribution in [1.29, 1.82) is 0 Å². The van der Waals surface area contributed by atoms with Crippen molar-refractivity contribution in [3.63, 3.8) is 0 Å². The highest BCUT2D eigenvalue weighted by Gasteiger charge is 2.17. The van der Waals surface area contributed by atoms with Crippen molar-refractivity contribution in [3.8, 4) is 0 Å². The molecule has 3 heteroatoms. The lowest BCUT2D eigenvalue weighted by Gasteiger charge is -2.23. The molecule has 0 spiro atoms. The monoisotopic (exact) mass is 335 g/mol. The molecular formula is C17H19BrFN. The molecule has 0 aliphatic rings. The number of rotatable bonds is 4. The molecule has 2 aromatic carbocycles. The zero-order chi connectivity index (χ0) is 14.7. The third-order valence-corrected chi connectivity index (χ3v) is 4.00. The molecule has 0 heterocycles. The summed E-state index contributed by atoms with van der Waals surface area (Å²) in [5.74, 6) is -0.188. The fraction of sp³-hybridized carbons (Fsp3) is 0.294. The molecular weight excluding hydrogens is 317 g/mol. The van der Waals surface area contributed by atoms with Crippen LogP contribution in [0.2, 0.25) is 0 Å². The van der Waals surface area contributed by atoms with Gasteiger partial charge in [-0.3, -0.25) is 0 Å². The summed E-state index contributed by atoms with van der Waals surface area (Å²) in [5, 5.41) is 3.50. The van der Waals surface area contributed by atoms with Crippen LogP contribution in [0, 0.1) is 19.7 Å². The number of hydrogen-bond donors (Lipinski definition) is 1. The summed E-state index contributed by atoms with van der Waals surface area (Å²) in [6, 6.07) is 11.3. The van der Waals surface area contributed by atoms with E-state index in [4.69, 9.17) is 0 Å². The van der Waals surface area contributed by atoms with E-state index < -0.39 is 0 Å². The summed E-state index contributed by atoms with van der Waals surface area (Å²) >= 11 is 3.53. The fourth-order valence-corrected chi connectivity index (χ4v) is 2.86. The summed E-state index contributed by atoms with van der Waals surface area (Å²) in [7, 11) is 0. The van der Waals surface area contributed by atoms with Gasteiger partial charge in [0, 0.05) is 4.47 Å². The van der Waals surface area contributed by atoms with Crippen LogP contribution in [-0.2, 0) is 0 Å². The second-order valence-electron chi connectivity index (χ2n) is 4.99. The van der Waals surface area contributed by atoms with Gasteiger partial charge in [0.1, 0.15) is 5.82 Å². The average Bonchev–Trinajstić information content (AvgIpc) is 2.40. The van der Waals surface area contributed by atoms with Gasteiger partial charge in [0.05, 0.1) is 6.04 Å². The highest BCUT2D eigenvalue weighted by atomic mass is 79.9. The largest absolute Gasteiger partial charge is 0.307 e. The number of hydrogen-bond acceptors (Lipinski definition) is 1. The molecule has 0 aromatic heterocycles. The maximum absolute atomic E-state index is 13.3. The molecule has 0 aliphatic carbocycles. The number of nitrogens with one attached hydrogen (secondary N) is 1. The standard InChI is InChI=1S/C17H19BrFN/c1-4-20-17(15-8-7-14(19)9-12(15)3)16-10-13(18)6-5-11(16)2/h5-10,17,20H,4H2,1-3H3. The van der Waals surface area contributed by atoms with Crippen LogP contribution in [0.1, 0.15) is 35.2 Å². The van der Waals surface area contributed by atoms with Crippen molar-refractivity contribution in [2.24, 2.45) is 0 Å². The van der Waals surface area contributed by atoms with E-state index in [9.17, 15) is 4.39 Å². The van der Waals surface area contributed by atoms with Crippen LogP contribution in [0.15, 0.2) is 40.9 Å². The highest BCUT2D eigenvalue weighted by Crippen LogP contribution is 2.29. The van der Waals surface area contributed by atoms with E-state index in [0.717, 1.165) is 22.1 Å². The van der Waals surface area contributed by atoms with Gasteiger partial charge >= 0.3 is 0 Å². The van der Waals surface area contributed by atoms with Crippen molar-refractivity contribution >= 4 is 15.9 Å². The predicted molar refractivity (Wildman–Crippen MR) is 85.5 cm³/mol. The van der Waals surface area contributed by atoms with Crippen LogP contribution < -0.4 is 5.32 Å². The minimum absolute atomic E-state index is 0.0816. The Morgan fingerprint density at radius 3 is 2.45 bits per heavy atom. The Morgan fingerprint density at radius 2 is 1.80 bits per heavy atom. The second-order valence-corrected chi connectivity index (χ2v) is 5.91. The van der Waals surface area contributed by atoms with Gasteiger partial charge in [-0.1, -0.05) is 35.0 Å². The highest BCUT2D eigenvalue weighted by molar-refractivity contribution is 9.10. The van der Waals surface area contributed by atoms with Crippen molar-refractivity contribution in [1.82, 2.24) is 5.32 Å². The topological polar surface area (TPSA) is 12.0 Å². The van der Waals surface area contributed by atoms with E-state index in [1.807, 2.05) is 19.1 Å². The number of aryl methyl sites for hydroxylation is 2. The van der Waals surface area contributed by atoms with Crippen LogP contribution in [0.5, 0.6) is 0 Å². The first-order chi connectivity index (χ1) is 9.52. The number of benzene rings is 2. The quantitative estimate of drug-likeness (QED) is 0.837. The molecule has 1 atom stereocenters. The van der Waals surface area contributed by atoms with Crippen LogP contribution in [0.4, 0.5) is 4.39 Å². The first-order valence-corrected chi connectivity index (χ1v) is 7.57. The van der Waals surface area contributed by atoms with Gasteiger partial charge in [-0.05, 0) is 66.9 Å². The minimum Gasteiger partial charge on any atom is -0.307 e. The molecule has 0 aliphatic heterocycles. The predicted octanol–water partition coefficient (Wildman–Crippen LogP) is 4.90. The van der Waals surface area contributed by atoms with Crippen LogP contribution in [-0.4, -0.2) is 6.54 Å². The lowest BCUT2D eigenvalue weighted by Crippen LogP contribution is -2.23. The van der Waals surface area contributed by atoms with E-state index in [1.54, 1.807) is 6.07 Å². The third kappa shape index (κ3) is 3.28. The maximum atomic E-state index is 13.3. The smallest absolute Gasteiger partial charge is 0.123 e. The van der Waals surface area contributed by atoms with Gasteiger partial charge in [-0.2, -0.15) is 0 Å². The molecule has 20 heavy (non-hydrogen) atoms. The Bertz CT molecular complexity index is 610. The molecule has 2 aromatic rings. The van der Waals surface area contributed by atoms with Gasteiger partial charge in [0.2, 0.25) is 0 Å². The molecule has 106 valence electrons. The molecule has 1 N–H and O–H groups in total. The third-order valence-electron chi connectivity index (χ3n) is 3.50. The van der Waals surface area contributed by atoms with Crippen LogP contribution in [0.25, 0.3) is 0 Å². The summed E-state index contributed by atoms with van der Waals surface area (Å²) < 4.78 is 14.4. The Morgan fingerprint density at radius 1 is 1.05 bits per heavy atom. The zero-order valence-corrected chi connectivity index (χ0v) is 13.6. The van der Waals surface area contributed by atoms with Crippen LogP contribution in [0.3, 0.4) is 0 Å². The van der Waals surface area contributed by atoms with E-state index in [2.05, 4.69) is 47.2 Å². The molecule has 0 radical (unpaired) electrons. The Kier molecular flexibility index (Phi) is 4.95. The first kappa shape index (κ1) is 15.2. The van der Waals surface area contributed by atoms with Crippen molar-refractivity contribution in [3.05, 3.63) is 68.9 Å². The van der Waals surface area contributed by atoms with E-state index in [-0.39, 0.29) is 11.9 Å². The Balaban J connectivity index is 2.53. The molecule has 1 nitrogen and oxygen atoms in total. The molecule has 0 fully saturated rings. The maximum Gasteiger partial charge on any atom is 0.123 e. The summed E-state index contributed by atoms with van der Waals surface area (Å²) in [5.41, 5.74) is 4.53. The summed E-state index contributed by atoms with van der Waals surface area (Å²) in [4.78, 5) is 0. The molecule has 0 amide bonds. The van der Waals surface area contributed by atoms with E-state index in [1.165, 1.54) is 17.2 Å². The van der Waals surface area contributed by atoms with E-state index >= 15 is 0 Å². The van der Waals surface area contributed by atoms with E-state index in [0.29, 0.717) is 0 Å². The zero-order valence-electron chi connectivity index (χ0n) is 12.0. The number of halogens is 2. The van der Waals surface area contributed by atoms with Gasteiger partial charge in [-0.25, -0.2) is 4.39 Å². The SMILES string of the molecule is CCNC(c1ccc(F)cc1C)c1cc(Br)ccc1C. The summed E-state index contributed by atoms with van der Waals surface area (Å²) in [6.45, 7) is 6.99. The second kappa shape index (κ2) is 6.51. The van der Waals surface area contributed by atoms with Gasteiger partial charge < -0.3 is 5.32 Å². The summed E-state index contributed by atoms with van der Waals surface area (Å²) in [6.07, 6.45) is 0. The van der Waals surface area contributed by atoms with Gasteiger partial charge in [0.15, 0.2) is 0 Å². The molecule has 0 bridgehead atoms. The normalized spacial score (nSPS) is 12.4. The van der Waals surface area contributed by atoms with Crippen molar-refractivity contribution in [2.75, 3.05) is 6.54 Å². The molecule has 1 unspecified atom stereocenters. The minimum atomic E-state index is -0.188. The van der Waals surface area contributed by atoms with Crippen molar-refractivity contribution < 1.29 is 4.39 Å². The molecule has 0 saturated carbocycles. The lowest BCUT2D eigenvalue weighted by molar-refractivity contribution is 0.608. The van der Waals surface area contributed by atoms with Gasteiger partial charge in [0.25, 0.3) is 0 Å². The lowest BCUT2D eigenvalue weighted by atomic mass is 9.92. The average molecular weight is 336 g/mol. The molecule has 0 saturated heterocycles. The van der Waals surface area contributed by atoms with Crippen LogP contribution >= 0.6 is 15.9 Å². The fourth-order valence-electron chi connectivity index (χ4n) is 2.48. The van der Waals surface area contributed by atoms with Crippen molar-refractivity contribution in [2.45, 2.75) is 26.8 Å². The molecule has 2 rings (SSSR count).